The summed E-state index contributed by atoms with van der Waals surface area (Å²) in [7, 11) is 0. The third-order valence-electron chi connectivity index (χ3n) is 2.82. The number of hydrogen-bond donors (Lipinski definition) is 1. The van der Waals surface area contributed by atoms with Crippen molar-refractivity contribution in [3.05, 3.63) is 29.3 Å². The molecule has 1 fully saturated rings. The fourth-order valence-corrected chi connectivity index (χ4v) is 1.88. The fourth-order valence-electron chi connectivity index (χ4n) is 1.88. The summed E-state index contributed by atoms with van der Waals surface area (Å²) in [6.07, 6.45) is 0. The summed E-state index contributed by atoms with van der Waals surface area (Å²) in [4.78, 5) is 12.5. The summed E-state index contributed by atoms with van der Waals surface area (Å²) >= 11 is 0. The number of para-hydroxylation sites is 1. The van der Waals surface area contributed by atoms with Crippen LogP contribution in [0.2, 0.25) is 0 Å². The third-order valence-corrected chi connectivity index (χ3v) is 2.82. The average molecular weight is 227 g/mol. The predicted molar refractivity (Wildman–Crippen MR) is 59.2 cm³/mol. The lowest BCUT2D eigenvalue weighted by molar-refractivity contribution is -0.142. The number of anilines is 1. The first-order chi connectivity index (χ1) is 8.17. The van der Waals surface area contributed by atoms with Crippen molar-refractivity contribution >= 4 is 11.7 Å². The summed E-state index contributed by atoms with van der Waals surface area (Å²) in [5.41, 5.74) is 1.37. The second kappa shape index (κ2) is 4.15. The minimum absolute atomic E-state index is 0.350. The third kappa shape index (κ3) is 1.79. The molecular formula is C12H9N3O2. The van der Waals surface area contributed by atoms with E-state index in [1.807, 2.05) is 12.1 Å². The van der Waals surface area contributed by atoms with E-state index in [1.165, 1.54) is 0 Å². The first-order valence-corrected chi connectivity index (χ1v) is 5.08. The van der Waals surface area contributed by atoms with E-state index in [-0.39, 0.29) is 0 Å². The molecular weight excluding hydrogens is 218 g/mol. The van der Waals surface area contributed by atoms with E-state index in [2.05, 4.69) is 0 Å². The number of benzene rings is 1. The molecule has 1 aromatic carbocycles. The van der Waals surface area contributed by atoms with Crippen LogP contribution in [0.5, 0.6) is 0 Å². The molecule has 0 bridgehead atoms. The Morgan fingerprint density at radius 3 is 2.24 bits per heavy atom. The number of nitrogens with zero attached hydrogens (tertiary/aromatic N) is 3. The highest BCUT2D eigenvalue weighted by molar-refractivity contribution is 5.77. The van der Waals surface area contributed by atoms with Crippen molar-refractivity contribution in [2.24, 2.45) is 5.92 Å². The van der Waals surface area contributed by atoms with Gasteiger partial charge in [0.15, 0.2) is 0 Å². The van der Waals surface area contributed by atoms with E-state index >= 15 is 0 Å². The van der Waals surface area contributed by atoms with Gasteiger partial charge in [-0.3, -0.25) is 4.79 Å². The molecule has 1 heterocycles. The first kappa shape index (κ1) is 11.0. The van der Waals surface area contributed by atoms with Crippen LogP contribution in [0.3, 0.4) is 0 Å². The van der Waals surface area contributed by atoms with E-state index in [4.69, 9.17) is 15.6 Å². The molecule has 5 nitrogen and oxygen atoms in total. The maximum Gasteiger partial charge on any atom is 0.310 e. The van der Waals surface area contributed by atoms with Gasteiger partial charge in [0.1, 0.15) is 12.1 Å². The zero-order valence-corrected chi connectivity index (χ0v) is 8.92. The number of rotatable bonds is 2. The van der Waals surface area contributed by atoms with E-state index in [0.717, 1.165) is 0 Å². The van der Waals surface area contributed by atoms with Crippen LogP contribution in [-0.2, 0) is 4.79 Å². The molecule has 1 N–H and O–H groups in total. The first-order valence-electron chi connectivity index (χ1n) is 5.08. The van der Waals surface area contributed by atoms with Crippen molar-refractivity contribution in [3.8, 4) is 12.1 Å². The summed E-state index contributed by atoms with van der Waals surface area (Å²) in [5.74, 6) is -1.25. The Bertz CT molecular complexity index is 516. The molecule has 0 spiro atoms. The van der Waals surface area contributed by atoms with Gasteiger partial charge in [0.25, 0.3) is 0 Å². The minimum atomic E-state index is -0.839. The van der Waals surface area contributed by atoms with Gasteiger partial charge in [-0.2, -0.15) is 10.5 Å². The van der Waals surface area contributed by atoms with Crippen molar-refractivity contribution < 1.29 is 9.90 Å². The van der Waals surface area contributed by atoms with Gasteiger partial charge in [0.05, 0.1) is 22.7 Å². The highest BCUT2D eigenvalue weighted by Gasteiger charge is 2.34. The van der Waals surface area contributed by atoms with Crippen molar-refractivity contribution in [2.75, 3.05) is 18.0 Å². The summed E-state index contributed by atoms with van der Waals surface area (Å²) in [6.45, 7) is 0.700. The average Bonchev–Trinajstić information content (AvgIpc) is 2.26. The molecule has 0 aliphatic carbocycles. The number of carboxylic acids is 1. The molecule has 0 aromatic heterocycles. The van der Waals surface area contributed by atoms with E-state index in [1.54, 1.807) is 23.1 Å². The molecule has 2 rings (SSSR count). The lowest BCUT2D eigenvalue weighted by atomic mass is 9.96. The van der Waals surface area contributed by atoms with Gasteiger partial charge in [-0.15, -0.1) is 0 Å². The number of aliphatic carboxylic acids is 1. The number of carbonyl (C=O) groups is 1. The van der Waals surface area contributed by atoms with Gasteiger partial charge in [-0.25, -0.2) is 0 Å². The molecule has 1 saturated heterocycles. The number of hydrogen-bond acceptors (Lipinski definition) is 4. The maximum atomic E-state index is 10.7. The summed E-state index contributed by atoms with van der Waals surface area (Å²) in [6, 6.07) is 8.95. The fraction of sp³-hybridized carbons (Fsp3) is 0.250. The maximum absolute atomic E-state index is 10.7. The normalized spacial score (nSPS) is 14.6. The number of nitriles is 2. The van der Waals surface area contributed by atoms with E-state index in [9.17, 15) is 4.79 Å². The van der Waals surface area contributed by atoms with Crippen LogP contribution in [0.4, 0.5) is 5.69 Å². The molecule has 0 amide bonds. The van der Waals surface area contributed by atoms with E-state index < -0.39 is 11.9 Å². The van der Waals surface area contributed by atoms with E-state index in [0.29, 0.717) is 29.9 Å². The molecule has 0 unspecified atom stereocenters. The van der Waals surface area contributed by atoms with Crippen LogP contribution in [0.1, 0.15) is 11.1 Å². The quantitative estimate of drug-likeness (QED) is 0.812. The topological polar surface area (TPSA) is 88.1 Å². The highest BCUT2D eigenvalue weighted by Crippen LogP contribution is 2.30. The van der Waals surface area contributed by atoms with Gasteiger partial charge in [0, 0.05) is 13.1 Å². The van der Waals surface area contributed by atoms with Crippen molar-refractivity contribution in [1.82, 2.24) is 0 Å². The van der Waals surface area contributed by atoms with Crippen molar-refractivity contribution in [3.63, 3.8) is 0 Å². The zero-order valence-electron chi connectivity index (χ0n) is 8.92. The molecule has 17 heavy (non-hydrogen) atoms. The molecule has 1 aliphatic rings. The molecule has 5 heteroatoms. The zero-order chi connectivity index (χ0) is 12.4. The van der Waals surface area contributed by atoms with Crippen LogP contribution in [0, 0.1) is 28.6 Å². The Balaban J connectivity index is 2.32. The van der Waals surface area contributed by atoms with Gasteiger partial charge in [-0.05, 0) is 12.1 Å². The van der Waals surface area contributed by atoms with Crippen LogP contribution in [-0.4, -0.2) is 24.2 Å². The largest absolute Gasteiger partial charge is 0.481 e. The molecule has 1 aromatic rings. The van der Waals surface area contributed by atoms with Crippen LogP contribution >= 0.6 is 0 Å². The lowest BCUT2D eigenvalue weighted by Crippen LogP contribution is -2.51. The van der Waals surface area contributed by atoms with Gasteiger partial charge in [0.2, 0.25) is 0 Å². The van der Waals surface area contributed by atoms with Crippen LogP contribution in [0.25, 0.3) is 0 Å². The summed E-state index contributed by atoms with van der Waals surface area (Å²) < 4.78 is 0. The molecule has 1 aliphatic heterocycles. The number of carboxylic acid groups (broad SMARTS) is 1. The van der Waals surface area contributed by atoms with Gasteiger partial charge < -0.3 is 10.0 Å². The summed E-state index contributed by atoms with van der Waals surface area (Å²) in [5, 5.41) is 26.8. The Morgan fingerprint density at radius 2 is 1.82 bits per heavy atom. The SMILES string of the molecule is N#Cc1cccc(C#N)c1N1CC(C(=O)O)C1. The van der Waals surface area contributed by atoms with Gasteiger partial charge in [-0.1, -0.05) is 6.07 Å². The Morgan fingerprint density at radius 1 is 1.29 bits per heavy atom. The van der Waals surface area contributed by atoms with Crippen LogP contribution < -0.4 is 4.90 Å². The van der Waals surface area contributed by atoms with Crippen LogP contribution in [0.15, 0.2) is 18.2 Å². The second-order valence-electron chi connectivity index (χ2n) is 3.87. The predicted octanol–water partition coefficient (Wildman–Crippen LogP) is 0.951. The Hall–Kier alpha value is -2.53. The highest BCUT2D eigenvalue weighted by atomic mass is 16.4. The molecule has 0 atom stereocenters. The standard InChI is InChI=1S/C12H9N3O2/c13-4-8-2-1-3-9(5-14)11(8)15-6-10(7-15)12(16)17/h1-3,10H,6-7H2,(H,16,17). The monoisotopic (exact) mass is 227 g/mol. The minimum Gasteiger partial charge on any atom is -0.481 e. The second-order valence-corrected chi connectivity index (χ2v) is 3.87. The van der Waals surface area contributed by atoms with Crippen molar-refractivity contribution in [2.45, 2.75) is 0 Å². The molecule has 84 valence electrons. The Labute approximate surface area is 98.1 Å². The molecule has 0 saturated carbocycles. The van der Waals surface area contributed by atoms with Crippen molar-refractivity contribution in [1.29, 1.82) is 10.5 Å². The molecule has 0 radical (unpaired) electrons. The van der Waals surface area contributed by atoms with Gasteiger partial charge >= 0.3 is 5.97 Å². The Kier molecular flexibility index (Phi) is 2.68. The smallest absolute Gasteiger partial charge is 0.310 e. The lowest BCUT2D eigenvalue weighted by Gasteiger charge is -2.39.